The Hall–Kier alpha value is -1.58. The third kappa shape index (κ3) is 2.02. The molecule has 0 bridgehead atoms. The molecular formula is C8H8N2O3S. The SMILES string of the molecule is COc1ccc(C#N)c(S(N)(=O)=O)c1. The summed E-state index contributed by atoms with van der Waals surface area (Å²) < 4.78 is 26.9. The van der Waals surface area contributed by atoms with Gasteiger partial charge < -0.3 is 4.74 Å². The van der Waals surface area contributed by atoms with E-state index in [9.17, 15) is 8.42 Å². The summed E-state index contributed by atoms with van der Waals surface area (Å²) in [6.07, 6.45) is 0. The molecule has 0 saturated heterocycles. The van der Waals surface area contributed by atoms with E-state index < -0.39 is 10.0 Å². The van der Waals surface area contributed by atoms with Gasteiger partial charge in [-0.2, -0.15) is 5.26 Å². The average Bonchev–Trinajstić information content (AvgIpc) is 2.15. The zero-order chi connectivity index (χ0) is 10.8. The van der Waals surface area contributed by atoms with Crippen molar-refractivity contribution in [1.29, 1.82) is 5.26 Å². The number of sulfonamides is 1. The first-order chi connectivity index (χ1) is 6.49. The van der Waals surface area contributed by atoms with Crippen LogP contribution in [0.15, 0.2) is 23.1 Å². The maximum Gasteiger partial charge on any atom is 0.239 e. The predicted octanol–water partition coefficient (Wildman–Crippen LogP) is 0.214. The quantitative estimate of drug-likeness (QED) is 0.758. The highest BCUT2D eigenvalue weighted by atomic mass is 32.2. The number of nitrogens with zero attached hydrogens (tertiary/aromatic N) is 1. The van der Waals surface area contributed by atoms with E-state index in [1.54, 1.807) is 6.07 Å². The summed E-state index contributed by atoms with van der Waals surface area (Å²) in [6, 6.07) is 5.79. The molecule has 0 spiro atoms. The van der Waals surface area contributed by atoms with Crippen LogP contribution in [-0.2, 0) is 10.0 Å². The predicted molar refractivity (Wildman–Crippen MR) is 49.1 cm³/mol. The second kappa shape index (κ2) is 3.65. The molecule has 0 aliphatic carbocycles. The van der Waals surface area contributed by atoms with Crippen LogP contribution in [0.25, 0.3) is 0 Å². The summed E-state index contributed by atoms with van der Waals surface area (Å²) in [6.45, 7) is 0. The molecule has 5 nitrogen and oxygen atoms in total. The topological polar surface area (TPSA) is 93.2 Å². The zero-order valence-electron chi connectivity index (χ0n) is 7.39. The summed E-state index contributed by atoms with van der Waals surface area (Å²) in [7, 11) is -2.48. The minimum absolute atomic E-state index is 0.00769. The van der Waals surface area contributed by atoms with Crippen LogP contribution in [0, 0.1) is 11.3 Å². The van der Waals surface area contributed by atoms with Crippen LogP contribution >= 0.6 is 0 Å². The molecule has 0 aromatic heterocycles. The van der Waals surface area contributed by atoms with Crippen LogP contribution in [0.2, 0.25) is 0 Å². The van der Waals surface area contributed by atoms with Gasteiger partial charge in [0.25, 0.3) is 0 Å². The van der Waals surface area contributed by atoms with Crippen LogP contribution < -0.4 is 9.88 Å². The molecule has 0 atom stereocenters. The normalized spacial score (nSPS) is 10.6. The third-order valence-corrected chi connectivity index (χ3v) is 2.57. The van der Waals surface area contributed by atoms with Gasteiger partial charge in [-0.3, -0.25) is 0 Å². The van der Waals surface area contributed by atoms with Gasteiger partial charge in [-0.15, -0.1) is 0 Å². The molecule has 0 unspecified atom stereocenters. The molecule has 0 aliphatic heterocycles. The summed E-state index contributed by atoms with van der Waals surface area (Å²) in [4.78, 5) is -0.223. The highest BCUT2D eigenvalue weighted by Gasteiger charge is 2.14. The number of methoxy groups -OCH3 is 1. The van der Waals surface area contributed by atoms with E-state index in [1.165, 1.54) is 25.3 Å². The fourth-order valence-corrected chi connectivity index (χ4v) is 1.66. The maximum atomic E-state index is 11.1. The number of hydrogen-bond acceptors (Lipinski definition) is 4. The molecule has 0 heterocycles. The first-order valence-corrected chi connectivity index (χ1v) is 5.14. The smallest absolute Gasteiger partial charge is 0.239 e. The molecule has 74 valence electrons. The lowest BCUT2D eigenvalue weighted by atomic mass is 10.2. The average molecular weight is 212 g/mol. The minimum Gasteiger partial charge on any atom is -0.497 e. The fourth-order valence-electron chi connectivity index (χ4n) is 0.957. The van der Waals surface area contributed by atoms with Crippen molar-refractivity contribution in [1.82, 2.24) is 0 Å². The van der Waals surface area contributed by atoms with Gasteiger partial charge in [0.1, 0.15) is 16.7 Å². The van der Waals surface area contributed by atoms with Crippen LogP contribution in [0.1, 0.15) is 5.56 Å². The molecular weight excluding hydrogens is 204 g/mol. The van der Waals surface area contributed by atoms with E-state index in [0.29, 0.717) is 5.75 Å². The van der Waals surface area contributed by atoms with Crippen LogP contribution in [0.4, 0.5) is 0 Å². The molecule has 6 heteroatoms. The Kier molecular flexibility index (Phi) is 2.74. The van der Waals surface area contributed by atoms with Crippen molar-refractivity contribution < 1.29 is 13.2 Å². The lowest BCUT2D eigenvalue weighted by Gasteiger charge is -2.03. The number of rotatable bonds is 2. The standard InChI is InChI=1S/C8H8N2O3S/c1-13-7-3-2-6(5-9)8(4-7)14(10,11)12/h2-4H,1H3,(H2,10,11,12). The van der Waals surface area contributed by atoms with Crippen LogP contribution in [0.3, 0.4) is 0 Å². The first-order valence-electron chi connectivity index (χ1n) is 3.60. The van der Waals surface area contributed by atoms with Crippen LogP contribution in [-0.4, -0.2) is 15.5 Å². The lowest BCUT2D eigenvalue weighted by molar-refractivity contribution is 0.413. The van der Waals surface area contributed by atoms with Gasteiger partial charge in [0.05, 0.1) is 12.7 Å². The van der Waals surface area contributed by atoms with E-state index in [0.717, 1.165) is 0 Å². The van der Waals surface area contributed by atoms with Crippen molar-refractivity contribution in [3.63, 3.8) is 0 Å². The van der Waals surface area contributed by atoms with Gasteiger partial charge >= 0.3 is 0 Å². The maximum absolute atomic E-state index is 11.1. The molecule has 1 rings (SSSR count). The van der Waals surface area contributed by atoms with Crippen molar-refractivity contribution in [2.75, 3.05) is 7.11 Å². The van der Waals surface area contributed by atoms with E-state index in [-0.39, 0.29) is 10.5 Å². The largest absolute Gasteiger partial charge is 0.497 e. The van der Waals surface area contributed by atoms with Gasteiger partial charge in [-0.05, 0) is 12.1 Å². The molecule has 14 heavy (non-hydrogen) atoms. The van der Waals surface area contributed by atoms with Gasteiger partial charge in [0.2, 0.25) is 10.0 Å². The number of primary sulfonamides is 1. The Balaban J connectivity index is 3.47. The van der Waals surface area contributed by atoms with Crippen molar-refractivity contribution >= 4 is 10.0 Å². The Morgan fingerprint density at radius 3 is 2.57 bits per heavy atom. The molecule has 0 amide bonds. The van der Waals surface area contributed by atoms with E-state index in [4.69, 9.17) is 15.1 Å². The van der Waals surface area contributed by atoms with Crippen molar-refractivity contribution in [3.05, 3.63) is 23.8 Å². The number of ether oxygens (including phenoxy) is 1. The van der Waals surface area contributed by atoms with Gasteiger partial charge in [-0.25, -0.2) is 13.6 Å². The van der Waals surface area contributed by atoms with E-state index in [1.807, 2.05) is 0 Å². The Labute approximate surface area is 81.8 Å². The molecule has 0 saturated carbocycles. The Morgan fingerprint density at radius 1 is 1.50 bits per heavy atom. The lowest BCUT2D eigenvalue weighted by Crippen LogP contribution is -2.13. The van der Waals surface area contributed by atoms with Crippen molar-refractivity contribution in [2.45, 2.75) is 4.90 Å². The minimum atomic E-state index is -3.88. The Bertz CT molecular complexity index is 488. The van der Waals surface area contributed by atoms with Gasteiger partial charge in [-0.1, -0.05) is 0 Å². The van der Waals surface area contributed by atoms with Crippen molar-refractivity contribution in [3.8, 4) is 11.8 Å². The third-order valence-electron chi connectivity index (χ3n) is 1.62. The second-order valence-corrected chi connectivity index (χ2v) is 4.05. The zero-order valence-corrected chi connectivity index (χ0v) is 8.21. The van der Waals surface area contributed by atoms with Crippen LogP contribution in [0.5, 0.6) is 5.75 Å². The summed E-state index contributed by atoms with van der Waals surface area (Å²) in [5.74, 6) is 0.341. The summed E-state index contributed by atoms with van der Waals surface area (Å²) >= 11 is 0. The molecule has 0 fully saturated rings. The van der Waals surface area contributed by atoms with Crippen molar-refractivity contribution in [2.24, 2.45) is 5.14 Å². The summed E-state index contributed by atoms with van der Waals surface area (Å²) in [5, 5.41) is 13.6. The molecule has 1 aromatic carbocycles. The molecule has 1 aromatic rings. The van der Waals surface area contributed by atoms with E-state index >= 15 is 0 Å². The summed E-state index contributed by atoms with van der Waals surface area (Å²) in [5.41, 5.74) is 0.00769. The van der Waals surface area contributed by atoms with Gasteiger partial charge in [0.15, 0.2) is 0 Å². The number of benzene rings is 1. The van der Waals surface area contributed by atoms with E-state index in [2.05, 4.69) is 0 Å². The fraction of sp³-hybridized carbons (Fsp3) is 0.125. The van der Waals surface area contributed by atoms with Gasteiger partial charge in [0, 0.05) is 6.07 Å². The number of nitriles is 1. The highest BCUT2D eigenvalue weighted by molar-refractivity contribution is 7.89. The molecule has 0 aliphatic rings. The Morgan fingerprint density at radius 2 is 2.14 bits per heavy atom. The molecule has 2 N–H and O–H groups in total. The number of hydrogen-bond donors (Lipinski definition) is 1. The second-order valence-electron chi connectivity index (χ2n) is 2.52. The monoisotopic (exact) mass is 212 g/mol. The first kappa shape index (κ1) is 10.5. The number of nitrogens with two attached hydrogens (primary N) is 1. The molecule has 0 radical (unpaired) electrons. The highest BCUT2D eigenvalue weighted by Crippen LogP contribution is 2.20.